The van der Waals surface area contributed by atoms with Gasteiger partial charge < -0.3 is 5.73 Å². The summed E-state index contributed by atoms with van der Waals surface area (Å²) in [6.45, 7) is 0. The number of hydrogen-bond donors (Lipinski definition) is 1. The molecule has 1 aromatic heterocycles. The van der Waals surface area contributed by atoms with Gasteiger partial charge in [0.1, 0.15) is 11.6 Å². The van der Waals surface area contributed by atoms with Gasteiger partial charge in [0.05, 0.1) is 5.69 Å². The molecule has 3 nitrogen and oxygen atoms in total. The number of nitrogens with zero attached hydrogens (tertiary/aromatic N) is 2. The molecule has 1 fully saturated rings. The topological polar surface area (TPSA) is 51.8 Å². The van der Waals surface area contributed by atoms with Gasteiger partial charge in [-0.2, -0.15) is 0 Å². The predicted molar refractivity (Wildman–Crippen MR) is 73.1 cm³/mol. The van der Waals surface area contributed by atoms with Crippen LogP contribution in [0.5, 0.6) is 0 Å². The van der Waals surface area contributed by atoms with Crippen molar-refractivity contribution >= 4 is 5.82 Å². The Balaban J connectivity index is 2.00. The van der Waals surface area contributed by atoms with Gasteiger partial charge in [0.15, 0.2) is 0 Å². The van der Waals surface area contributed by atoms with Crippen LogP contribution in [0.4, 0.5) is 5.82 Å². The van der Waals surface area contributed by atoms with E-state index in [1.807, 2.05) is 24.3 Å². The van der Waals surface area contributed by atoms with Gasteiger partial charge in [-0.3, -0.25) is 0 Å². The van der Waals surface area contributed by atoms with Gasteiger partial charge in [-0.1, -0.05) is 43.2 Å². The molecule has 0 atom stereocenters. The molecule has 3 heteroatoms. The van der Waals surface area contributed by atoms with Gasteiger partial charge >= 0.3 is 0 Å². The molecular formula is C15H17N3. The van der Waals surface area contributed by atoms with Crippen molar-refractivity contribution in [3.05, 3.63) is 42.2 Å². The van der Waals surface area contributed by atoms with E-state index in [1.54, 1.807) is 0 Å². The summed E-state index contributed by atoms with van der Waals surface area (Å²) in [5.74, 6) is 1.99. The van der Waals surface area contributed by atoms with Crippen molar-refractivity contribution in [1.29, 1.82) is 0 Å². The molecule has 0 spiro atoms. The number of aromatic nitrogens is 2. The Labute approximate surface area is 107 Å². The molecule has 2 aromatic rings. The van der Waals surface area contributed by atoms with Crippen LogP contribution in [0.2, 0.25) is 0 Å². The monoisotopic (exact) mass is 239 g/mol. The molecule has 18 heavy (non-hydrogen) atoms. The molecule has 1 aliphatic carbocycles. The summed E-state index contributed by atoms with van der Waals surface area (Å²) in [7, 11) is 0. The Kier molecular flexibility index (Phi) is 2.97. The molecule has 1 aliphatic rings. The van der Waals surface area contributed by atoms with Crippen LogP contribution in [-0.4, -0.2) is 9.97 Å². The molecule has 1 saturated carbocycles. The largest absolute Gasteiger partial charge is 0.384 e. The predicted octanol–water partition coefficient (Wildman–Crippen LogP) is 3.38. The lowest BCUT2D eigenvalue weighted by Gasteiger charge is -2.10. The Hall–Kier alpha value is -1.90. The second-order valence-corrected chi connectivity index (χ2v) is 4.88. The SMILES string of the molecule is Nc1cc(-c2ccccc2)nc(C2CCCC2)n1. The average molecular weight is 239 g/mol. The van der Waals surface area contributed by atoms with E-state index >= 15 is 0 Å². The number of benzene rings is 1. The first kappa shape index (κ1) is 11.2. The molecule has 0 amide bonds. The van der Waals surface area contributed by atoms with Gasteiger partial charge in [-0.25, -0.2) is 9.97 Å². The summed E-state index contributed by atoms with van der Waals surface area (Å²) in [5, 5.41) is 0. The van der Waals surface area contributed by atoms with Crippen molar-refractivity contribution in [3.8, 4) is 11.3 Å². The van der Waals surface area contributed by atoms with Gasteiger partial charge in [0.2, 0.25) is 0 Å². The highest BCUT2D eigenvalue weighted by molar-refractivity contribution is 5.61. The van der Waals surface area contributed by atoms with Gasteiger partial charge in [-0.05, 0) is 12.8 Å². The maximum Gasteiger partial charge on any atom is 0.134 e. The molecule has 1 heterocycles. The van der Waals surface area contributed by atoms with Gasteiger partial charge in [-0.15, -0.1) is 0 Å². The van der Waals surface area contributed by atoms with Crippen LogP contribution in [0.15, 0.2) is 36.4 Å². The highest BCUT2D eigenvalue weighted by Crippen LogP contribution is 2.33. The molecule has 0 aliphatic heterocycles. The zero-order valence-corrected chi connectivity index (χ0v) is 10.3. The highest BCUT2D eigenvalue weighted by Gasteiger charge is 2.20. The van der Waals surface area contributed by atoms with E-state index in [0.29, 0.717) is 11.7 Å². The first-order valence-electron chi connectivity index (χ1n) is 6.53. The molecule has 0 saturated heterocycles. The minimum Gasteiger partial charge on any atom is -0.384 e. The number of rotatable bonds is 2. The fourth-order valence-corrected chi connectivity index (χ4v) is 2.61. The average Bonchev–Trinajstić information content (AvgIpc) is 2.93. The number of anilines is 1. The summed E-state index contributed by atoms with van der Waals surface area (Å²) in [4.78, 5) is 9.10. The van der Waals surface area contributed by atoms with E-state index in [9.17, 15) is 0 Å². The maximum absolute atomic E-state index is 5.91. The Morgan fingerprint density at radius 3 is 2.44 bits per heavy atom. The summed E-state index contributed by atoms with van der Waals surface area (Å²) in [5.41, 5.74) is 7.95. The minimum atomic E-state index is 0.496. The quantitative estimate of drug-likeness (QED) is 0.874. The van der Waals surface area contributed by atoms with Gasteiger partial charge in [0.25, 0.3) is 0 Å². The fourth-order valence-electron chi connectivity index (χ4n) is 2.61. The van der Waals surface area contributed by atoms with Crippen LogP contribution in [0, 0.1) is 0 Å². The molecule has 3 rings (SSSR count). The molecule has 0 radical (unpaired) electrons. The third-order valence-electron chi connectivity index (χ3n) is 3.55. The third-order valence-corrected chi connectivity index (χ3v) is 3.55. The summed E-state index contributed by atoms with van der Waals surface area (Å²) in [6, 6.07) is 12.0. The lowest BCUT2D eigenvalue weighted by molar-refractivity contribution is 0.670. The zero-order valence-electron chi connectivity index (χ0n) is 10.3. The summed E-state index contributed by atoms with van der Waals surface area (Å²) in [6.07, 6.45) is 4.95. The number of hydrogen-bond acceptors (Lipinski definition) is 3. The molecule has 2 N–H and O–H groups in total. The lowest BCUT2D eigenvalue weighted by Crippen LogP contribution is -2.04. The standard InChI is InChI=1S/C15H17N3/c16-14-10-13(11-6-2-1-3-7-11)17-15(18-14)12-8-4-5-9-12/h1-3,6-7,10,12H,4-5,8-9H2,(H2,16,17,18). The molecule has 0 unspecified atom stereocenters. The second-order valence-electron chi connectivity index (χ2n) is 4.88. The van der Waals surface area contributed by atoms with Crippen LogP contribution in [0.3, 0.4) is 0 Å². The second kappa shape index (κ2) is 4.77. The molecule has 92 valence electrons. The van der Waals surface area contributed by atoms with E-state index in [-0.39, 0.29) is 0 Å². The van der Waals surface area contributed by atoms with Crippen LogP contribution in [-0.2, 0) is 0 Å². The molecular weight excluding hydrogens is 222 g/mol. The Morgan fingerprint density at radius 1 is 1.00 bits per heavy atom. The van der Waals surface area contributed by atoms with E-state index in [2.05, 4.69) is 17.1 Å². The van der Waals surface area contributed by atoms with Crippen LogP contribution in [0.25, 0.3) is 11.3 Å². The third kappa shape index (κ3) is 2.21. The van der Waals surface area contributed by atoms with Crippen molar-refractivity contribution in [2.24, 2.45) is 0 Å². The van der Waals surface area contributed by atoms with Crippen molar-refractivity contribution < 1.29 is 0 Å². The lowest BCUT2D eigenvalue weighted by atomic mass is 10.1. The first-order valence-corrected chi connectivity index (χ1v) is 6.53. The number of nitrogens with two attached hydrogens (primary N) is 1. The maximum atomic E-state index is 5.91. The van der Waals surface area contributed by atoms with Crippen LogP contribution in [0.1, 0.15) is 37.4 Å². The first-order chi connectivity index (χ1) is 8.83. The smallest absolute Gasteiger partial charge is 0.134 e. The molecule has 1 aromatic carbocycles. The zero-order chi connectivity index (χ0) is 12.4. The van der Waals surface area contributed by atoms with Crippen LogP contribution >= 0.6 is 0 Å². The Bertz CT molecular complexity index is 531. The van der Waals surface area contributed by atoms with Crippen molar-refractivity contribution in [1.82, 2.24) is 9.97 Å². The number of nitrogen functional groups attached to an aromatic ring is 1. The summed E-state index contributed by atoms with van der Waals surface area (Å²) >= 11 is 0. The normalized spacial score (nSPS) is 16.0. The minimum absolute atomic E-state index is 0.496. The highest BCUT2D eigenvalue weighted by atomic mass is 15.0. The van der Waals surface area contributed by atoms with Crippen LogP contribution < -0.4 is 5.73 Å². The Morgan fingerprint density at radius 2 is 1.72 bits per heavy atom. The van der Waals surface area contributed by atoms with E-state index in [0.717, 1.165) is 17.1 Å². The molecule has 0 bridgehead atoms. The van der Waals surface area contributed by atoms with Crippen molar-refractivity contribution in [3.63, 3.8) is 0 Å². The van der Waals surface area contributed by atoms with Crippen molar-refractivity contribution in [2.45, 2.75) is 31.6 Å². The summed E-state index contributed by atoms with van der Waals surface area (Å²) < 4.78 is 0. The van der Waals surface area contributed by atoms with E-state index in [4.69, 9.17) is 10.7 Å². The van der Waals surface area contributed by atoms with Crippen molar-refractivity contribution in [2.75, 3.05) is 5.73 Å². The van der Waals surface area contributed by atoms with E-state index in [1.165, 1.54) is 25.7 Å². The van der Waals surface area contributed by atoms with Gasteiger partial charge in [0, 0.05) is 17.5 Å². The fraction of sp³-hybridized carbons (Fsp3) is 0.333. The van der Waals surface area contributed by atoms with E-state index < -0.39 is 0 Å².